The highest BCUT2D eigenvalue weighted by Crippen LogP contribution is 2.46. The highest BCUT2D eigenvalue weighted by atomic mass is 16.2. The Kier molecular flexibility index (Phi) is 5.64. The molecular weight excluding hydrogens is 336 g/mol. The van der Waals surface area contributed by atoms with E-state index in [4.69, 9.17) is 0 Å². The molecule has 0 N–H and O–H groups in total. The summed E-state index contributed by atoms with van der Waals surface area (Å²) in [7, 11) is 1.83. The van der Waals surface area contributed by atoms with Gasteiger partial charge in [-0.25, -0.2) is 0 Å². The molecule has 4 nitrogen and oxygen atoms in total. The molecule has 2 aromatic carbocycles. The van der Waals surface area contributed by atoms with E-state index in [1.54, 1.807) is 4.90 Å². The van der Waals surface area contributed by atoms with Gasteiger partial charge in [-0.1, -0.05) is 48.5 Å². The minimum Gasteiger partial charge on any atom is -0.343 e. The van der Waals surface area contributed by atoms with Gasteiger partial charge in [0.05, 0.1) is 5.41 Å². The van der Waals surface area contributed by atoms with Crippen LogP contribution in [0.5, 0.6) is 0 Å². The molecule has 0 unspecified atom stereocenters. The number of carbonyl (C=O) groups excluding carboxylic acids is 2. The van der Waals surface area contributed by atoms with Crippen molar-refractivity contribution in [2.24, 2.45) is 0 Å². The van der Waals surface area contributed by atoms with E-state index in [9.17, 15) is 9.59 Å². The Morgan fingerprint density at radius 1 is 1.00 bits per heavy atom. The number of benzene rings is 2. The van der Waals surface area contributed by atoms with Crippen molar-refractivity contribution in [2.75, 3.05) is 25.0 Å². The van der Waals surface area contributed by atoms with Gasteiger partial charge in [-0.05, 0) is 43.9 Å². The van der Waals surface area contributed by atoms with Gasteiger partial charge in [-0.2, -0.15) is 0 Å². The van der Waals surface area contributed by atoms with E-state index in [1.165, 1.54) is 0 Å². The lowest BCUT2D eigenvalue weighted by atomic mass is 9.73. The monoisotopic (exact) mass is 364 g/mol. The van der Waals surface area contributed by atoms with Crippen molar-refractivity contribution < 1.29 is 9.59 Å². The van der Waals surface area contributed by atoms with Gasteiger partial charge in [-0.3, -0.25) is 9.59 Å². The first-order valence-electron chi connectivity index (χ1n) is 9.73. The lowest BCUT2D eigenvalue weighted by Gasteiger charge is -2.29. The summed E-state index contributed by atoms with van der Waals surface area (Å²) < 4.78 is 0. The van der Waals surface area contributed by atoms with Crippen molar-refractivity contribution in [2.45, 2.75) is 38.5 Å². The molecule has 1 atom stereocenters. The van der Waals surface area contributed by atoms with E-state index in [2.05, 4.69) is 12.1 Å². The zero-order valence-corrected chi connectivity index (χ0v) is 16.4. The van der Waals surface area contributed by atoms with Crippen LogP contribution >= 0.6 is 0 Å². The van der Waals surface area contributed by atoms with Gasteiger partial charge in [0.2, 0.25) is 11.8 Å². The molecule has 4 heteroatoms. The van der Waals surface area contributed by atoms with Gasteiger partial charge in [0.15, 0.2) is 0 Å². The Balaban J connectivity index is 1.98. The van der Waals surface area contributed by atoms with Crippen LogP contribution in [-0.4, -0.2) is 36.9 Å². The average molecular weight is 364 g/mol. The second kappa shape index (κ2) is 7.95. The van der Waals surface area contributed by atoms with Crippen molar-refractivity contribution in [1.82, 2.24) is 4.90 Å². The lowest BCUT2D eigenvalue weighted by Crippen LogP contribution is -2.42. The molecule has 1 heterocycles. The number of hydrogen-bond acceptors (Lipinski definition) is 2. The summed E-state index contributed by atoms with van der Waals surface area (Å²) in [4.78, 5) is 29.7. The minimum atomic E-state index is -0.685. The van der Waals surface area contributed by atoms with Crippen molar-refractivity contribution in [3.63, 3.8) is 0 Å². The fourth-order valence-corrected chi connectivity index (χ4v) is 4.22. The van der Waals surface area contributed by atoms with Crippen molar-refractivity contribution in [3.05, 3.63) is 65.7 Å². The summed E-state index contributed by atoms with van der Waals surface area (Å²) in [5.41, 5.74) is 2.42. The summed E-state index contributed by atoms with van der Waals surface area (Å²) in [6.07, 6.45) is 1.51. The third-order valence-electron chi connectivity index (χ3n) is 5.73. The smallest absolute Gasteiger partial charge is 0.237 e. The van der Waals surface area contributed by atoms with Crippen molar-refractivity contribution in [3.8, 4) is 0 Å². The molecule has 0 spiro atoms. The van der Waals surface area contributed by atoms with Crippen LogP contribution in [-0.2, 0) is 21.4 Å². The van der Waals surface area contributed by atoms with Gasteiger partial charge in [0.1, 0.15) is 0 Å². The third kappa shape index (κ3) is 3.48. The normalized spacial score (nSPS) is 18.5. The molecule has 0 bridgehead atoms. The summed E-state index contributed by atoms with van der Waals surface area (Å²) in [5.74, 6) is 0.201. The molecule has 0 fully saturated rings. The summed E-state index contributed by atoms with van der Waals surface area (Å²) in [6, 6.07) is 18.1. The van der Waals surface area contributed by atoms with Gasteiger partial charge >= 0.3 is 0 Å². The number of hydrogen-bond donors (Lipinski definition) is 0. The summed E-state index contributed by atoms with van der Waals surface area (Å²) in [6.45, 7) is 5.38. The Morgan fingerprint density at radius 2 is 1.63 bits per heavy atom. The first-order chi connectivity index (χ1) is 13.0. The van der Waals surface area contributed by atoms with Crippen LogP contribution < -0.4 is 4.90 Å². The van der Waals surface area contributed by atoms with Crippen LogP contribution in [0, 0.1) is 0 Å². The van der Waals surface area contributed by atoms with Gasteiger partial charge in [-0.15, -0.1) is 0 Å². The van der Waals surface area contributed by atoms with E-state index >= 15 is 0 Å². The zero-order chi connectivity index (χ0) is 19.4. The molecule has 3 rings (SSSR count). The predicted molar refractivity (Wildman–Crippen MR) is 109 cm³/mol. The number of anilines is 1. The molecule has 1 aliphatic heterocycles. The van der Waals surface area contributed by atoms with E-state index in [0.717, 1.165) is 16.8 Å². The molecule has 2 amide bonds. The highest BCUT2D eigenvalue weighted by Gasteiger charge is 2.49. The molecule has 0 radical (unpaired) electrons. The standard InChI is InChI=1S/C23H28N2O2/c1-4-25(5-2)21(26)15-16-23(17-18-11-7-6-8-12-18)19-13-9-10-14-20(19)24(3)22(23)27/h6-14H,4-5,15-17H2,1-3H3/t23-/m1/s1. The molecule has 2 aromatic rings. The second-order valence-electron chi connectivity index (χ2n) is 7.19. The summed E-state index contributed by atoms with van der Waals surface area (Å²) in [5, 5.41) is 0. The largest absolute Gasteiger partial charge is 0.343 e. The van der Waals surface area contributed by atoms with Crippen LogP contribution in [0.15, 0.2) is 54.6 Å². The molecule has 0 saturated heterocycles. The molecule has 1 aliphatic rings. The van der Waals surface area contributed by atoms with Crippen LogP contribution in [0.3, 0.4) is 0 Å². The number of para-hydroxylation sites is 1. The van der Waals surface area contributed by atoms with Crippen LogP contribution in [0.2, 0.25) is 0 Å². The maximum absolute atomic E-state index is 13.4. The van der Waals surface area contributed by atoms with Crippen LogP contribution in [0.4, 0.5) is 5.69 Å². The van der Waals surface area contributed by atoms with E-state index in [0.29, 0.717) is 32.4 Å². The quantitative estimate of drug-likeness (QED) is 0.750. The Morgan fingerprint density at radius 3 is 2.30 bits per heavy atom. The highest BCUT2D eigenvalue weighted by molar-refractivity contribution is 6.08. The molecule has 27 heavy (non-hydrogen) atoms. The first-order valence-corrected chi connectivity index (χ1v) is 9.73. The van der Waals surface area contributed by atoms with Gasteiger partial charge in [0.25, 0.3) is 0 Å². The topological polar surface area (TPSA) is 40.6 Å². The maximum atomic E-state index is 13.4. The van der Waals surface area contributed by atoms with E-state index in [-0.39, 0.29) is 11.8 Å². The molecule has 0 saturated carbocycles. The number of fused-ring (bicyclic) bond motifs is 1. The molecular formula is C23H28N2O2. The lowest BCUT2D eigenvalue weighted by molar-refractivity contribution is -0.131. The van der Waals surface area contributed by atoms with Crippen LogP contribution in [0.25, 0.3) is 0 Å². The number of rotatable bonds is 7. The first kappa shape index (κ1) is 19.2. The number of nitrogens with zero attached hydrogens (tertiary/aromatic N) is 2. The second-order valence-corrected chi connectivity index (χ2v) is 7.19. The van der Waals surface area contributed by atoms with Crippen LogP contribution in [0.1, 0.15) is 37.8 Å². The number of carbonyl (C=O) groups is 2. The Hall–Kier alpha value is -2.62. The van der Waals surface area contributed by atoms with E-state index in [1.807, 2.05) is 68.3 Å². The molecule has 0 aliphatic carbocycles. The number of likely N-dealkylation sites (N-methyl/N-ethyl adjacent to an activating group) is 1. The SMILES string of the molecule is CCN(CC)C(=O)CC[C@]1(Cc2ccccc2)C(=O)N(C)c2ccccc21. The summed E-state index contributed by atoms with van der Waals surface area (Å²) >= 11 is 0. The van der Waals surface area contributed by atoms with Gasteiger partial charge in [0, 0.05) is 32.2 Å². The third-order valence-corrected chi connectivity index (χ3v) is 5.73. The average Bonchev–Trinajstić information content (AvgIpc) is 2.91. The Labute approximate surface area is 161 Å². The molecule has 0 aromatic heterocycles. The Bertz CT molecular complexity index is 814. The van der Waals surface area contributed by atoms with Gasteiger partial charge < -0.3 is 9.80 Å². The van der Waals surface area contributed by atoms with Crippen molar-refractivity contribution >= 4 is 17.5 Å². The van der Waals surface area contributed by atoms with E-state index < -0.39 is 5.41 Å². The minimum absolute atomic E-state index is 0.0832. The fraction of sp³-hybridized carbons (Fsp3) is 0.391. The number of amides is 2. The van der Waals surface area contributed by atoms with Crippen molar-refractivity contribution in [1.29, 1.82) is 0 Å². The zero-order valence-electron chi connectivity index (χ0n) is 16.4. The maximum Gasteiger partial charge on any atom is 0.237 e. The predicted octanol–water partition coefficient (Wildman–Crippen LogP) is 3.79. The molecule has 142 valence electrons. The fourth-order valence-electron chi connectivity index (χ4n) is 4.22.